The van der Waals surface area contributed by atoms with E-state index >= 15 is 0 Å². The lowest BCUT2D eigenvalue weighted by Crippen LogP contribution is -2.04. The van der Waals surface area contributed by atoms with Crippen molar-refractivity contribution < 1.29 is 4.79 Å². The van der Waals surface area contributed by atoms with Gasteiger partial charge in [0.2, 0.25) is 0 Å². The van der Waals surface area contributed by atoms with Crippen LogP contribution in [0.2, 0.25) is 0 Å². The Morgan fingerprint density at radius 1 is 1.00 bits per heavy atom. The molecule has 1 heterocycles. The third-order valence-corrected chi connectivity index (χ3v) is 4.59. The van der Waals surface area contributed by atoms with E-state index in [1.54, 1.807) is 18.0 Å². The molecule has 0 saturated heterocycles. The van der Waals surface area contributed by atoms with Crippen LogP contribution in [0.25, 0.3) is 0 Å². The standard InChI is InChI=1S/C20H17NOS/c1-15-12-19(23-14-16-8-4-2-5-9-16)21-13-18(15)20(22)17-10-6-3-7-11-17/h2-13H,14H2,1H3. The van der Waals surface area contributed by atoms with E-state index in [1.807, 2.05) is 61.5 Å². The molecular weight excluding hydrogens is 302 g/mol. The van der Waals surface area contributed by atoms with Crippen LogP contribution in [-0.4, -0.2) is 10.8 Å². The minimum Gasteiger partial charge on any atom is -0.289 e. The summed E-state index contributed by atoms with van der Waals surface area (Å²) in [6.07, 6.45) is 1.69. The molecule has 0 bridgehead atoms. The second kappa shape index (κ2) is 7.25. The summed E-state index contributed by atoms with van der Waals surface area (Å²) in [5.74, 6) is 0.898. The molecule has 0 fully saturated rings. The van der Waals surface area contributed by atoms with Gasteiger partial charge in [-0.15, -0.1) is 11.8 Å². The van der Waals surface area contributed by atoms with Gasteiger partial charge in [0, 0.05) is 23.1 Å². The van der Waals surface area contributed by atoms with Gasteiger partial charge in [-0.25, -0.2) is 4.98 Å². The van der Waals surface area contributed by atoms with Crippen LogP contribution in [0.5, 0.6) is 0 Å². The van der Waals surface area contributed by atoms with Crippen LogP contribution < -0.4 is 0 Å². The van der Waals surface area contributed by atoms with Crippen LogP contribution in [0.4, 0.5) is 0 Å². The number of ketones is 1. The van der Waals surface area contributed by atoms with E-state index < -0.39 is 0 Å². The molecule has 114 valence electrons. The van der Waals surface area contributed by atoms with Gasteiger partial charge in [-0.3, -0.25) is 4.79 Å². The fourth-order valence-electron chi connectivity index (χ4n) is 2.32. The van der Waals surface area contributed by atoms with E-state index in [-0.39, 0.29) is 5.78 Å². The normalized spacial score (nSPS) is 10.5. The first kappa shape index (κ1) is 15.5. The molecule has 23 heavy (non-hydrogen) atoms. The lowest BCUT2D eigenvalue weighted by atomic mass is 10.0. The van der Waals surface area contributed by atoms with Gasteiger partial charge >= 0.3 is 0 Å². The monoisotopic (exact) mass is 319 g/mol. The molecule has 0 atom stereocenters. The van der Waals surface area contributed by atoms with E-state index in [2.05, 4.69) is 17.1 Å². The smallest absolute Gasteiger partial charge is 0.194 e. The average molecular weight is 319 g/mol. The third-order valence-electron chi connectivity index (χ3n) is 3.60. The van der Waals surface area contributed by atoms with Gasteiger partial charge in [-0.05, 0) is 24.1 Å². The molecule has 0 N–H and O–H groups in total. The van der Waals surface area contributed by atoms with Crippen molar-refractivity contribution in [3.63, 3.8) is 0 Å². The van der Waals surface area contributed by atoms with Crippen LogP contribution in [0, 0.1) is 6.92 Å². The number of thioether (sulfide) groups is 1. The molecule has 0 saturated carbocycles. The minimum absolute atomic E-state index is 0.0233. The Hall–Kier alpha value is -2.39. The number of aromatic nitrogens is 1. The largest absolute Gasteiger partial charge is 0.289 e. The summed E-state index contributed by atoms with van der Waals surface area (Å²) in [6.45, 7) is 1.96. The van der Waals surface area contributed by atoms with Gasteiger partial charge in [0.25, 0.3) is 0 Å². The highest BCUT2D eigenvalue weighted by Gasteiger charge is 2.12. The zero-order chi connectivity index (χ0) is 16.1. The SMILES string of the molecule is Cc1cc(SCc2ccccc2)ncc1C(=O)c1ccccc1. The topological polar surface area (TPSA) is 30.0 Å². The summed E-state index contributed by atoms with van der Waals surface area (Å²) in [7, 11) is 0. The summed E-state index contributed by atoms with van der Waals surface area (Å²) >= 11 is 1.68. The van der Waals surface area contributed by atoms with E-state index in [0.717, 1.165) is 16.3 Å². The molecule has 0 aliphatic heterocycles. The number of carbonyl (C=O) groups excluding carboxylic acids is 1. The fraction of sp³-hybridized carbons (Fsp3) is 0.100. The molecular formula is C20H17NOS. The molecule has 3 aromatic rings. The van der Waals surface area contributed by atoms with Gasteiger partial charge in [0.15, 0.2) is 5.78 Å². The highest BCUT2D eigenvalue weighted by atomic mass is 32.2. The van der Waals surface area contributed by atoms with Crippen LogP contribution in [0.3, 0.4) is 0 Å². The summed E-state index contributed by atoms with van der Waals surface area (Å²) in [6, 6.07) is 21.6. The van der Waals surface area contributed by atoms with E-state index in [0.29, 0.717) is 11.1 Å². The van der Waals surface area contributed by atoms with Gasteiger partial charge < -0.3 is 0 Å². The van der Waals surface area contributed by atoms with E-state index in [9.17, 15) is 4.79 Å². The number of carbonyl (C=O) groups is 1. The molecule has 0 aliphatic rings. The molecule has 0 unspecified atom stereocenters. The Bertz CT molecular complexity index is 800. The molecule has 3 rings (SSSR count). The number of hydrogen-bond acceptors (Lipinski definition) is 3. The maximum absolute atomic E-state index is 12.5. The van der Waals surface area contributed by atoms with Gasteiger partial charge in [0.05, 0.1) is 5.03 Å². The lowest BCUT2D eigenvalue weighted by Gasteiger charge is -2.07. The van der Waals surface area contributed by atoms with E-state index in [4.69, 9.17) is 0 Å². The number of benzene rings is 2. The van der Waals surface area contributed by atoms with Crippen molar-refractivity contribution in [1.29, 1.82) is 0 Å². The number of rotatable bonds is 5. The van der Waals surface area contributed by atoms with Crippen molar-refractivity contribution >= 4 is 17.5 Å². The van der Waals surface area contributed by atoms with Crippen molar-refractivity contribution in [1.82, 2.24) is 4.98 Å². The first-order valence-electron chi connectivity index (χ1n) is 7.47. The lowest BCUT2D eigenvalue weighted by molar-refractivity contribution is 0.103. The predicted octanol–water partition coefficient (Wildman–Crippen LogP) is 4.91. The number of nitrogens with zero attached hydrogens (tertiary/aromatic N) is 1. The average Bonchev–Trinajstić information content (AvgIpc) is 2.61. The second-order valence-corrected chi connectivity index (χ2v) is 6.30. The second-order valence-electron chi connectivity index (χ2n) is 5.31. The molecule has 2 nitrogen and oxygen atoms in total. The zero-order valence-electron chi connectivity index (χ0n) is 12.9. The zero-order valence-corrected chi connectivity index (χ0v) is 13.7. The summed E-state index contributed by atoms with van der Waals surface area (Å²) in [4.78, 5) is 17.0. The Labute approximate surface area is 140 Å². The summed E-state index contributed by atoms with van der Waals surface area (Å²) in [5.41, 5.74) is 3.59. The van der Waals surface area contributed by atoms with Gasteiger partial charge in [-0.2, -0.15) is 0 Å². The van der Waals surface area contributed by atoms with Crippen LogP contribution in [0.1, 0.15) is 27.0 Å². The fourth-order valence-corrected chi connectivity index (χ4v) is 3.22. The molecule has 2 aromatic carbocycles. The Morgan fingerprint density at radius 3 is 2.30 bits per heavy atom. The van der Waals surface area contributed by atoms with Crippen LogP contribution >= 0.6 is 11.8 Å². The highest BCUT2D eigenvalue weighted by molar-refractivity contribution is 7.98. The minimum atomic E-state index is 0.0233. The van der Waals surface area contributed by atoms with Crippen molar-refractivity contribution in [3.8, 4) is 0 Å². The summed E-state index contributed by atoms with van der Waals surface area (Å²) < 4.78 is 0. The van der Waals surface area contributed by atoms with Crippen molar-refractivity contribution in [2.45, 2.75) is 17.7 Å². The Kier molecular flexibility index (Phi) is 4.89. The van der Waals surface area contributed by atoms with Gasteiger partial charge in [-0.1, -0.05) is 60.7 Å². The predicted molar refractivity (Wildman–Crippen MR) is 94.9 cm³/mol. The molecule has 3 heteroatoms. The Balaban J connectivity index is 1.74. The quantitative estimate of drug-likeness (QED) is 0.494. The number of aryl methyl sites for hydroxylation is 1. The van der Waals surface area contributed by atoms with E-state index in [1.165, 1.54) is 5.56 Å². The number of pyridine rings is 1. The number of hydrogen-bond donors (Lipinski definition) is 0. The maximum atomic E-state index is 12.5. The molecule has 1 aromatic heterocycles. The van der Waals surface area contributed by atoms with Crippen LogP contribution in [-0.2, 0) is 5.75 Å². The van der Waals surface area contributed by atoms with Crippen molar-refractivity contribution in [3.05, 3.63) is 95.2 Å². The Morgan fingerprint density at radius 2 is 1.65 bits per heavy atom. The third kappa shape index (κ3) is 3.88. The van der Waals surface area contributed by atoms with Crippen molar-refractivity contribution in [2.75, 3.05) is 0 Å². The molecule has 0 radical (unpaired) electrons. The first-order chi connectivity index (χ1) is 11.2. The molecule has 0 spiro atoms. The van der Waals surface area contributed by atoms with Crippen molar-refractivity contribution in [2.24, 2.45) is 0 Å². The maximum Gasteiger partial charge on any atom is 0.194 e. The molecule has 0 aliphatic carbocycles. The molecule has 0 amide bonds. The summed E-state index contributed by atoms with van der Waals surface area (Å²) in [5, 5.41) is 0.941. The van der Waals surface area contributed by atoms with Crippen LogP contribution in [0.15, 0.2) is 78.0 Å². The van der Waals surface area contributed by atoms with Gasteiger partial charge in [0.1, 0.15) is 0 Å². The highest BCUT2D eigenvalue weighted by Crippen LogP contribution is 2.23. The first-order valence-corrected chi connectivity index (χ1v) is 8.46.